The number of H-pyrrole nitrogens is 2. The number of anilines is 1. The van der Waals surface area contributed by atoms with Gasteiger partial charge in [0, 0.05) is 5.39 Å². The van der Waals surface area contributed by atoms with Crippen LogP contribution in [0.2, 0.25) is 0 Å². The SMILES string of the molecule is Cc1ccc2nc3c(=O)[nH]c(=O)[nH]c3c(N)c2c1. The quantitative estimate of drug-likeness (QED) is 0.503. The topological polar surface area (TPSA) is 105 Å². The summed E-state index contributed by atoms with van der Waals surface area (Å²) in [6.07, 6.45) is 0. The third-order valence-electron chi connectivity index (χ3n) is 2.86. The van der Waals surface area contributed by atoms with Gasteiger partial charge in [-0.05, 0) is 19.1 Å². The molecule has 0 saturated carbocycles. The molecule has 0 unspecified atom stereocenters. The molecule has 18 heavy (non-hydrogen) atoms. The highest BCUT2D eigenvalue weighted by atomic mass is 16.2. The second-order valence-corrected chi connectivity index (χ2v) is 4.18. The van der Waals surface area contributed by atoms with E-state index in [0.717, 1.165) is 10.9 Å². The fourth-order valence-electron chi connectivity index (χ4n) is 2.00. The number of fused-ring (bicyclic) bond motifs is 2. The van der Waals surface area contributed by atoms with Gasteiger partial charge in [-0.25, -0.2) is 9.78 Å². The first kappa shape index (κ1) is 10.5. The van der Waals surface area contributed by atoms with Crippen LogP contribution in [0, 0.1) is 6.92 Å². The summed E-state index contributed by atoms with van der Waals surface area (Å²) < 4.78 is 0. The number of nitrogens with two attached hydrogens (primary N) is 1. The number of nitrogens with zero attached hydrogens (tertiary/aromatic N) is 1. The first-order valence-electron chi connectivity index (χ1n) is 5.38. The van der Waals surface area contributed by atoms with Crippen LogP contribution in [0.1, 0.15) is 5.56 Å². The van der Waals surface area contributed by atoms with Gasteiger partial charge in [0.1, 0.15) is 0 Å². The molecule has 0 amide bonds. The van der Waals surface area contributed by atoms with Crippen molar-refractivity contribution in [2.45, 2.75) is 6.92 Å². The zero-order valence-electron chi connectivity index (χ0n) is 9.57. The van der Waals surface area contributed by atoms with E-state index >= 15 is 0 Å². The van der Waals surface area contributed by atoms with E-state index in [9.17, 15) is 9.59 Å². The van der Waals surface area contributed by atoms with Crippen molar-refractivity contribution in [2.75, 3.05) is 5.73 Å². The van der Waals surface area contributed by atoms with Crippen LogP contribution >= 0.6 is 0 Å². The van der Waals surface area contributed by atoms with Gasteiger partial charge in [-0.2, -0.15) is 0 Å². The fourth-order valence-corrected chi connectivity index (χ4v) is 2.00. The van der Waals surface area contributed by atoms with Crippen LogP contribution in [-0.4, -0.2) is 15.0 Å². The molecule has 0 spiro atoms. The molecule has 90 valence electrons. The van der Waals surface area contributed by atoms with Crippen LogP contribution in [-0.2, 0) is 0 Å². The maximum absolute atomic E-state index is 11.7. The number of hydrogen-bond donors (Lipinski definition) is 3. The molecule has 6 heteroatoms. The summed E-state index contributed by atoms with van der Waals surface area (Å²) in [7, 11) is 0. The molecule has 0 aliphatic heterocycles. The Kier molecular flexibility index (Phi) is 2.00. The van der Waals surface area contributed by atoms with Gasteiger partial charge in [0.15, 0.2) is 5.52 Å². The standard InChI is InChI=1S/C12H10N4O2/c1-5-2-3-7-6(4-5)8(13)9-10(14-7)11(17)16-12(18)15-9/h2-4H,1H3,(H2,13,14)(H2,15,16,17,18). The average Bonchev–Trinajstić information content (AvgIpc) is 2.32. The number of aryl methyl sites for hydroxylation is 1. The van der Waals surface area contributed by atoms with Crippen LogP contribution < -0.4 is 17.0 Å². The van der Waals surface area contributed by atoms with E-state index in [1.54, 1.807) is 6.07 Å². The minimum Gasteiger partial charge on any atom is -0.396 e. The van der Waals surface area contributed by atoms with Crippen molar-refractivity contribution >= 4 is 27.6 Å². The van der Waals surface area contributed by atoms with E-state index < -0.39 is 11.2 Å². The molecule has 2 aromatic heterocycles. The van der Waals surface area contributed by atoms with Crippen LogP contribution in [0.25, 0.3) is 21.9 Å². The highest BCUT2D eigenvalue weighted by Crippen LogP contribution is 2.25. The number of aromatic amines is 2. The third kappa shape index (κ3) is 1.39. The van der Waals surface area contributed by atoms with Crippen LogP contribution in [0.5, 0.6) is 0 Å². The summed E-state index contributed by atoms with van der Waals surface area (Å²) in [4.78, 5) is 31.8. The van der Waals surface area contributed by atoms with Gasteiger partial charge in [-0.1, -0.05) is 11.6 Å². The Morgan fingerprint density at radius 1 is 1.22 bits per heavy atom. The molecule has 0 saturated heterocycles. The van der Waals surface area contributed by atoms with E-state index in [4.69, 9.17) is 5.73 Å². The van der Waals surface area contributed by atoms with Crippen LogP contribution in [0.3, 0.4) is 0 Å². The molecule has 0 aliphatic rings. The van der Waals surface area contributed by atoms with Gasteiger partial charge in [0.2, 0.25) is 0 Å². The molecule has 3 aromatic rings. The highest BCUT2D eigenvalue weighted by Gasteiger charge is 2.10. The van der Waals surface area contributed by atoms with Crippen molar-refractivity contribution in [3.05, 3.63) is 44.6 Å². The number of nitrogens with one attached hydrogen (secondary N) is 2. The Hall–Kier alpha value is -2.63. The van der Waals surface area contributed by atoms with E-state index in [0.29, 0.717) is 11.2 Å². The van der Waals surface area contributed by atoms with Crippen molar-refractivity contribution in [2.24, 2.45) is 0 Å². The fraction of sp³-hybridized carbons (Fsp3) is 0.0833. The lowest BCUT2D eigenvalue weighted by atomic mass is 10.1. The highest BCUT2D eigenvalue weighted by molar-refractivity contribution is 6.04. The van der Waals surface area contributed by atoms with E-state index in [1.165, 1.54) is 0 Å². The summed E-state index contributed by atoms with van der Waals surface area (Å²) >= 11 is 0. The lowest BCUT2D eigenvalue weighted by molar-refractivity contribution is 1.07. The summed E-state index contributed by atoms with van der Waals surface area (Å²) in [5.74, 6) is 0. The summed E-state index contributed by atoms with van der Waals surface area (Å²) in [6, 6.07) is 5.56. The predicted octanol–water partition coefficient (Wildman–Crippen LogP) is 0.655. The number of nitrogen functional groups attached to an aromatic ring is 1. The zero-order chi connectivity index (χ0) is 12.9. The van der Waals surface area contributed by atoms with Crippen molar-refractivity contribution in [3.8, 4) is 0 Å². The number of aromatic nitrogens is 3. The molecular weight excluding hydrogens is 232 g/mol. The van der Waals surface area contributed by atoms with Gasteiger partial charge >= 0.3 is 5.69 Å². The lowest BCUT2D eigenvalue weighted by Gasteiger charge is -2.06. The number of benzene rings is 1. The second-order valence-electron chi connectivity index (χ2n) is 4.18. The Morgan fingerprint density at radius 3 is 2.78 bits per heavy atom. The van der Waals surface area contributed by atoms with Crippen LogP contribution in [0.15, 0.2) is 27.8 Å². The molecule has 4 N–H and O–H groups in total. The van der Waals surface area contributed by atoms with E-state index in [-0.39, 0.29) is 11.0 Å². The zero-order valence-corrected chi connectivity index (χ0v) is 9.57. The minimum atomic E-state index is -0.590. The Bertz CT molecular complexity index is 892. The summed E-state index contributed by atoms with van der Waals surface area (Å²) in [5.41, 5.74) is 7.31. The van der Waals surface area contributed by atoms with E-state index in [2.05, 4.69) is 15.0 Å². The van der Waals surface area contributed by atoms with Crippen molar-refractivity contribution in [1.82, 2.24) is 15.0 Å². The molecular formula is C12H10N4O2. The smallest absolute Gasteiger partial charge is 0.326 e. The van der Waals surface area contributed by atoms with Crippen molar-refractivity contribution < 1.29 is 0 Å². The first-order valence-corrected chi connectivity index (χ1v) is 5.38. The van der Waals surface area contributed by atoms with Gasteiger partial charge in [0.25, 0.3) is 5.56 Å². The summed E-state index contributed by atoms with van der Waals surface area (Å²) in [6.45, 7) is 1.93. The van der Waals surface area contributed by atoms with Gasteiger partial charge in [-0.15, -0.1) is 0 Å². The molecule has 6 nitrogen and oxygen atoms in total. The molecule has 0 fully saturated rings. The van der Waals surface area contributed by atoms with Crippen molar-refractivity contribution in [1.29, 1.82) is 0 Å². The number of hydrogen-bond acceptors (Lipinski definition) is 4. The number of pyridine rings is 1. The second kappa shape index (κ2) is 3.43. The first-order chi connectivity index (χ1) is 8.56. The molecule has 0 aliphatic carbocycles. The molecule has 0 radical (unpaired) electrons. The normalized spacial score (nSPS) is 11.2. The minimum absolute atomic E-state index is 0.142. The Labute approximate surface area is 100 Å². The monoisotopic (exact) mass is 242 g/mol. The van der Waals surface area contributed by atoms with Gasteiger partial charge in [0.05, 0.1) is 16.7 Å². The molecule has 2 heterocycles. The van der Waals surface area contributed by atoms with Gasteiger partial charge < -0.3 is 10.7 Å². The van der Waals surface area contributed by atoms with Crippen molar-refractivity contribution in [3.63, 3.8) is 0 Å². The maximum atomic E-state index is 11.7. The molecule has 0 atom stereocenters. The van der Waals surface area contributed by atoms with Gasteiger partial charge in [-0.3, -0.25) is 9.78 Å². The third-order valence-corrected chi connectivity index (χ3v) is 2.86. The lowest BCUT2D eigenvalue weighted by Crippen LogP contribution is -2.23. The van der Waals surface area contributed by atoms with E-state index in [1.807, 2.05) is 19.1 Å². The Morgan fingerprint density at radius 2 is 2.00 bits per heavy atom. The largest absolute Gasteiger partial charge is 0.396 e. The average molecular weight is 242 g/mol. The molecule has 0 bridgehead atoms. The number of rotatable bonds is 0. The Balaban J connectivity index is 2.65. The maximum Gasteiger partial charge on any atom is 0.326 e. The summed E-state index contributed by atoms with van der Waals surface area (Å²) in [5, 5.41) is 0.726. The molecule has 3 rings (SSSR count). The van der Waals surface area contributed by atoms with Crippen LogP contribution in [0.4, 0.5) is 5.69 Å². The predicted molar refractivity (Wildman–Crippen MR) is 69.6 cm³/mol. The molecule has 1 aromatic carbocycles.